The summed E-state index contributed by atoms with van der Waals surface area (Å²) in [5, 5.41) is 5.26. The summed E-state index contributed by atoms with van der Waals surface area (Å²) >= 11 is 12.0. The number of aromatic nitrogens is 1. The third kappa shape index (κ3) is 6.01. The van der Waals surface area contributed by atoms with Gasteiger partial charge in [-0.15, -0.1) is 0 Å². The molecule has 0 radical (unpaired) electrons. The molecule has 1 aliphatic heterocycles. The maximum absolute atomic E-state index is 12.2. The van der Waals surface area contributed by atoms with E-state index in [9.17, 15) is 4.79 Å². The van der Waals surface area contributed by atoms with E-state index < -0.39 is 0 Å². The van der Waals surface area contributed by atoms with Gasteiger partial charge in [0, 0.05) is 36.3 Å². The van der Waals surface area contributed by atoms with Crippen molar-refractivity contribution in [2.45, 2.75) is 31.8 Å². The Kier molecular flexibility index (Phi) is 7.76. The van der Waals surface area contributed by atoms with Crippen molar-refractivity contribution in [3.63, 3.8) is 0 Å². The largest absolute Gasteiger partial charge is 0.361 e. The molecule has 0 atom stereocenters. The first-order chi connectivity index (χ1) is 17.5. The minimum atomic E-state index is -0.150. The second-order valence-corrected chi connectivity index (χ2v) is 10.2. The van der Waals surface area contributed by atoms with Gasteiger partial charge in [-0.05, 0) is 78.4 Å². The number of nitrogens with one attached hydrogen (secondary N) is 2. The Labute approximate surface area is 221 Å². The zero-order valence-electron chi connectivity index (χ0n) is 20.0. The molecule has 1 amide bonds. The lowest BCUT2D eigenvalue weighted by atomic mass is 9.89. The van der Waals surface area contributed by atoms with Crippen LogP contribution in [0.25, 0.3) is 17.0 Å². The average Bonchev–Trinajstić information content (AvgIpc) is 3.34. The first-order valence-corrected chi connectivity index (χ1v) is 13.1. The van der Waals surface area contributed by atoms with Gasteiger partial charge >= 0.3 is 0 Å². The molecule has 6 heteroatoms. The van der Waals surface area contributed by atoms with Crippen molar-refractivity contribution in [3.8, 4) is 0 Å². The third-order valence-electron chi connectivity index (χ3n) is 6.92. The molecule has 0 aliphatic carbocycles. The number of nitrogens with zero attached hydrogens (tertiary/aromatic N) is 1. The van der Waals surface area contributed by atoms with Crippen molar-refractivity contribution in [2.24, 2.45) is 0 Å². The van der Waals surface area contributed by atoms with E-state index in [0.29, 0.717) is 22.5 Å². The number of halogens is 2. The van der Waals surface area contributed by atoms with Gasteiger partial charge in [0.1, 0.15) is 0 Å². The number of para-hydroxylation sites is 1. The SMILES string of the molecule is O=C(/C=C/c1ccc(Cl)c(Cl)c1)NCc1ccc(CN2CCC(c3c[nH]c4ccccc34)CC2)cc1. The van der Waals surface area contributed by atoms with E-state index in [-0.39, 0.29) is 5.91 Å². The van der Waals surface area contributed by atoms with Crippen LogP contribution in [0.4, 0.5) is 0 Å². The maximum atomic E-state index is 12.2. The van der Waals surface area contributed by atoms with E-state index >= 15 is 0 Å². The molecular weight excluding hydrogens is 489 g/mol. The highest BCUT2D eigenvalue weighted by Crippen LogP contribution is 2.33. The lowest BCUT2D eigenvalue weighted by Gasteiger charge is -2.32. The monoisotopic (exact) mass is 517 g/mol. The molecule has 1 saturated heterocycles. The van der Waals surface area contributed by atoms with E-state index in [1.54, 1.807) is 18.2 Å². The van der Waals surface area contributed by atoms with Gasteiger partial charge < -0.3 is 10.3 Å². The number of fused-ring (bicyclic) bond motifs is 1. The highest BCUT2D eigenvalue weighted by molar-refractivity contribution is 6.42. The van der Waals surface area contributed by atoms with E-state index in [2.05, 4.69) is 69.9 Å². The first kappa shape index (κ1) is 24.6. The molecule has 4 nitrogen and oxygen atoms in total. The second kappa shape index (κ2) is 11.3. The number of amides is 1. The van der Waals surface area contributed by atoms with Crippen molar-refractivity contribution in [3.05, 3.63) is 111 Å². The van der Waals surface area contributed by atoms with Gasteiger partial charge in [-0.1, -0.05) is 71.7 Å². The van der Waals surface area contributed by atoms with Gasteiger partial charge in [0.05, 0.1) is 10.0 Å². The van der Waals surface area contributed by atoms with Crippen LogP contribution in [0.15, 0.2) is 79.0 Å². The van der Waals surface area contributed by atoms with Crippen LogP contribution in [0, 0.1) is 0 Å². The molecule has 0 saturated carbocycles. The van der Waals surface area contributed by atoms with Crippen LogP contribution in [0.3, 0.4) is 0 Å². The van der Waals surface area contributed by atoms with Crippen LogP contribution in [-0.4, -0.2) is 28.9 Å². The predicted octanol–water partition coefficient (Wildman–Crippen LogP) is 7.18. The van der Waals surface area contributed by atoms with Gasteiger partial charge in [-0.25, -0.2) is 0 Å². The highest BCUT2D eigenvalue weighted by atomic mass is 35.5. The topological polar surface area (TPSA) is 48.1 Å². The Morgan fingerprint density at radius 1 is 0.972 bits per heavy atom. The van der Waals surface area contributed by atoms with Crippen molar-refractivity contribution in [2.75, 3.05) is 13.1 Å². The third-order valence-corrected chi connectivity index (χ3v) is 7.65. The molecule has 36 heavy (non-hydrogen) atoms. The van der Waals surface area contributed by atoms with Crippen LogP contribution in [0.5, 0.6) is 0 Å². The summed E-state index contributed by atoms with van der Waals surface area (Å²) in [5.41, 5.74) is 5.90. The Bertz CT molecular complexity index is 1370. The number of benzene rings is 3. The molecule has 0 unspecified atom stereocenters. The average molecular weight is 518 g/mol. The van der Waals surface area contributed by atoms with E-state index in [4.69, 9.17) is 23.2 Å². The molecule has 5 rings (SSSR count). The number of hydrogen-bond acceptors (Lipinski definition) is 2. The zero-order chi connectivity index (χ0) is 24.9. The summed E-state index contributed by atoms with van der Waals surface area (Å²) in [4.78, 5) is 18.2. The molecule has 1 aromatic heterocycles. The van der Waals surface area contributed by atoms with E-state index in [1.807, 2.05) is 6.07 Å². The molecule has 4 aromatic rings. The van der Waals surface area contributed by atoms with Gasteiger partial charge in [-0.2, -0.15) is 0 Å². The number of piperidine rings is 1. The van der Waals surface area contributed by atoms with E-state index in [1.165, 1.54) is 40.9 Å². The second-order valence-electron chi connectivity index (χ2n) is 9.38. The maximum Gasteiger partial charge on any atom is 0.244 e. The predicted molar refractivity (Wildman–Crippen MR) is 149 cm³/mol. The standard InChI is InChI=1S/C30H29Cl2N3O/c31-27-11-9-21(17-28(27)32)10-12-30(36)34-18-22-5-7-23(8-6-22)20-35-15-13-24(14-16-35)26-19-33-29-4-2-1-3-25(26)29/h1-12,17,19,24,33H,13-16,18,20H2,(H,34,36)/b12-10+. The number of likely N-dealkylation sites (tertiary alicyclic amines) is 1. The smallest absolute Gasteiger partial charge is 0.244 e. The van der Waals surface area contributed by atoms with Crippen LogP contribution in [-0.2, 0) is 17.9 Å². The van der Waals surface area contributed by atoms with Crippen LogP contribution < -0.4 is 5.32 Å². The Hall–Kier alpha value is -3.05. The van der Waals surface area contributed by atoms with Crippen molar-refractivity contribution >= 4 is 46.1 Å². The van der Waals surface area contributed by atoms with Crippen molar-refractivity contribution in [1.29, 1.82) is 0 Å². The van der Waals surface area contributed by atoms with Crippen molar-refractivity contribution < 1.29 is 4.79 Å². The zero-order valence-corrected chi connectivity index (χ0v) is 21.5. The summed E-state index contributed by atoms with van der Waals surface area (Å²) < 4.78 is 0. The van der Waals surface area contributed by atoms with Crippen LogP contribution >= 0.6 is 23.2 Å². The number of carbonyl (C=O) groups is 1. The first-order valence-electron chi connectivity index (χ1n) is 12.3. The molecule has 2 N–H and O–H groups in total. The number of rotatable bonds is 7. The molecule has 0 bridgehead atoms. The van der Waals surface area contributed by atoms with Crippen molar-refractivity contribution in [1.82, 2.24) is 15.2 Å². The van der Waals surface area contributed by atoms with Crippen LogP contribution in [0.1, 0.15) is 41.0 Å². The summed E-state index contributed by atoms with van der Waals surface area (Å²) in [6.45, 7) is 3.65. The Morgan fingerprint density at radius 2 is 1.72 bits per heavy atom. The number of hydrogen-bond donors (Lipinski definition) is 2. The molecule has 1 aliphatic rings. The van der Waals surface area contributed by atoms with Gasteiger partial charge in [0.25, 0.3) is 0 Å². The molecule has 0 spiro atoms. The Balaban J connectivity index is 1.08. The summed E-state index contributed by atoms with van der Waals surface area (Å²) in [6.07, 6.45) is 7.80. The number of H-pyrrole nitrogens is 1. The summed E-state index contributed by atoms with van der Waals surface area (Å²) in [5.74, 6) is 0.470. The fourth-order valence-corrected chi connectivity index (χ4v) is 5.20. The normalized spacial score (nSPS) is 15.1. The quantitative estimate of drug-likeness (QED) is 0.255. The van der Waals surface area contributed by atoms with Gasteiger partial charge in [0.2, 0.25) is 5.91 Å². The molecule has 3 aromatic carbocycles. The Morgan fingerprint density at radius 3 is 2.50 bits per heavy atom. The van der Waals surface area contributed by atoms with E-state index in [0.717, 1.165) is 30.8 Å². The highest BCUT2D eigenvalue weighted by Gasteiger charge is 2.22. The molecule has 1 fully saturated rings. The minimum absolute atomic E-state index is 0.150. The minimum Gasteiger partial charge on any atom is -0.361 e. The number of aromatic amines is 1. The summed E-state index contributed by atoms with van der Waals surface area (Å²) in [6, 6.07) is 22.4. The lowest BCUT2D eigenvalue weighted by molar-refractivity contribution is -0.116. The van der Waals surface area contributed by atoms with Gasteiger partial charge in [0.15, 0.2) is 0 Å². The number of carbonyl (C=O) groups excluding carboxylic acids is 1. The molecular formula is C30H29Cl2N3O. The van der Waals surface area contributed by atoms with Crippen LogP contribution in [0.2, 0.25) is 10.0 Å². The molecule has 184 valence electrons. The fraction of sp³-hybridized carbons (Fsp3) is 0.233. The van der Waals surface area contributed by atoms with Gasteiger partial charge in [-0.3, -0.25) is 9.69 Å². The lowest BCUT2D eigenvalue weighted by Crippen LogP contribution is -2.32. The summed E-state index contributed by atoms with van der Waals surface area (Å²) in [7, 11) is 0. The molecule has 2 heterocycles. The fourth-order valence-electron chi connectivity index (χ4n) is 4.89.